The van der Waals surface area contributed by atoms with Gasteiger partial charge in [0.25, 0.3) is 0 Å². The van der Waals surface area contributed by atoms with Crippen molar-refractivity contribution in [2.75, 3.05) is 63.7 Å². The molecule has 0 radical (unpaired) electrons. The van der Waals surface area contributed by atoms with E-state index in [9.17, 15) is 5.26 Å². The highest BCUT2D eigenvalue weighted by Gasteiger charge is 2.32. The van der Waals surface area contributed by atoms with Crippen molar-refractivity contribution in [2.24, 2.45) is 5.41 Å². The van der Waals surface area contributed by atoms with E-state index in [-0.39, 0.29) is 0 Å². The topological polar surface area (TPSA) is 95.3 Å². The van der Waals surface area contributed by atoms with Gasteiger partial charge >= 0.3 is 0 Å². The van der Waals surface area contributed by atoms with Crippen molar-refractivity contribution < 1.29 is 9.47 Å². The number of pyridine rings is 2. The molecule has 9 heteroatoms. The number of halogens is 1. The standard InChI is InChI=1S/C23H28ClN5O.C5H11NO/c24-19-14-26-22(28-17-5-2-1-3-6-17)13-18(19)20-7-4-8-21(29-20)27-16-23(15-25)9-11-30-12-10-23;1-6-2-4-7-5-3-6/h4,7-8,13-14,17H,1-3,5-6,9-12,16H2,(H,26,28)(H,27,29);2-5H2,1H3. The predicted molar refractivity (Wildman–Crippen MR) is 148 cm³/mol. The van der Waals surface area contributed by atoms with E-state index in [0.717, 1.165) is 62.0 Å². The van der Waals surface area contributed by atoms with Gasteiger partial charge in [-0.3, -0.25) is 0 Å². The second-order valence-electron chi connectivity index (χ2n) is 10.2. The molecule has 0 bridgehead atoms. The number of morpholine rings is 1. The van der Waals surface area contributed by atoms with Crippen LogP contribution in [0.4, 0.5) is 11.6 Å². The summed E-state index contributed by atoms with van der Waals surface area (Å²) in [6.45, 7) is 5.84. The molecule has 0 spiro atoms. The molecule has 1 saturated carbocycles. The average Bonchev–Trinajstić information content (AvgIpc) is 2.95. The van der Waals surface area contributed by atoms with Crippen LogP contribution in [0.15, 0.2) is 30.5 Å². The maximum absolute atomic E-state index is 9.66. The van der Waals surface area contributed by atoms with Crippen LogP contribution in [0.2, 0.25) is 5.02 Å². The Hall–Kier alpha value is -2.44. The average molecular weight is 527 g/mol. The van der Waals surface area contributed by atoms with E-state index in [1.807, 2.05) is 24.3 Å². The molecule has 1 aliphatic carbocycles. The molecule has 2 aromatic heterocycles. The molecule has 0 atom stereocenters. The van der Waals surface area contributed by atoms with Gasteiger partial charge in [-0.1, -0.05) is 36.9 Å². The van der Waals surface area contributed by atoms with E-state index < -0.39 is 5.41 Å². The first-order valence-electron chi connectivity index (χ1n) is 13.5. The van der Waals surface area contributed by atoms with Crippen molar-refractivity contribution >= 4 is 23.2 Å². The van der Waals surface area contributed by atoms with Gasteiger partial charge < -0.3 is 25.0 Å². The largest absolute Gasteiger partial charge is 0.381 e. The molecule has 0 unspecified atom stereocenters. The van der Waals surface area contributed by atoms with Crippen molar-refractivity contribution in [1.82, 2.24) is 14.9 Å². The number of hydrogen-bond donors (Lipinski definition) is 2. The van der Waals surface area contributed by atoms with E-state index in [2.05, 4.69) is 33.6 Å². The summed E-state index contributed by atoms with van der Waals surface area (Å²) >= 11 is 6.46. The smallest absolute Gasteiger partial charge is 0.126 e. The van der Waals surface area contributed by atoms with Crippen LogP contribution in [-0.4, -0.2) is 74.0 Å². The van der Waals surface area contributed by atoms with Crippen molar-refractivity contribution in [3.8, 4) is 17.3 Å². The summed E-state index contributed by atoms with van der Waals surface area (Å²) in [5.74, 6) is 1.58. The molecule has 3 fully saturated rings. The van der Waals surface area contributed by atoms with Gasteiger partial charge in [-0.15, -0.1) is 0 Å². The summed E-state index contributed by atoms with van der Waals surface area (Å²) < 4.78 is 10.5. The fourth-order valence-electron chi connectivity index (χ4n) is 4.86. The van der Waals surface area contributed by atoms with Gasteiger partial charge in [0, 0.05) is 50.7 Å². The minimum atomic E-state index is -0.401. The molecule has 37 heavy (non-hydrogen) atoms. The highest BCUT2D eigenvalue weighted by atomic mass is 35.5. The Kier molecular flexibility index (Phi) is 10.4. The van der Waals surface area contributed by atoms with Crippen molar-refractivity contribution in [2.45, 2.75) is 51.0 Å². The minimum Gasteiger partial charge on any atom is -0.381 e. The van der Waals surface area contributed by atoms with Crippen molar-refractivity contribution in [1.29, 1.82) is 5.26 Å². The van der Waals surface area contributed by atoms with Crippen molar-refractivity contribution in [3.63, 3.8) is 0 Å². The summed E-state index contributed by atoms with van der Waals surface area (Å²) in [6, 6.07) is 10.8. The minimum absolute atomic E-state index is 0.401. The Bertz CT molecular complexity index is 1030. The van der Waals surface area contributed by atoms with Crippen molar-refractivity contribution in [3.05, 3.63) is 35.5 Å². The maximum atomic E-state index is 9.66. The number of hydrogen-bond acceptors (Lipinski definition) is 8. The monoisotopic (exact) mass is 526 g/mol. The molecule has 2 aromatic rings. The molecule has 2 saturated heterocycles. The number of nitriles is 1. The van der Waals surface area contributed by atoms with Crippen LogP contribution in [0.25, 0.3) is 11.3 Å². The normalized spacial score (nSPS) is 20.2. The first-order valence-corrected chi connectivity index (χ1v) is 13.8. The molecule has 3 aliphatic rings. The van der Waals surface area contributed by atoms with Gasteiger partial charge in [0.15, 0.2) is 0 Å². The zero-order valence-corrected chi connectivity index (χ0v) is 22.6. The van der Waals surface area contributed by atoms with Gasteiger partial charge in [0.1, 0.15) is 11.6 Å². The van der Waals surface area contributed by atoms with E-state index in [1.54, 1.807) is 6.20 Å². The molecule has 8 nitrogen and oxygen atoms in total. The fourth-order valence-corrected chi connectivity index (χ4v) is 5.06. The molecular formula is C28H39ClN6O2. The fraction of sp³-hybridized carbons (Fsp3) is 0.607. The van der Waals surface area contributed by atoms with Crippen LogP contribution < -0.4 is 10.6 Å². The lowest BCUT2D eigenvalue weighted by atomic mass is 9.82. The second kappa shape index (κ2) is 13.9. The zero-order valence-electron chi connectivity index (χ0n) is 21.8. The Labute approximate surface area is 225 Å². The number of nitrogens with one attached hydrogen (secondary N) is 2. The van der Waals surface area contributed by atoms with Crippen LogP contribution >= 0.6 is 11.6 Å². The summed E-state index contributed by atoms with van der Waals surface area (Å²) in [6.07, 6.45) is 9.39. The van der Waals surface area contributed by atoms with E-state index in [4.69, 9.17) is 26.1 Å². The highest BCUT2D eigenvalue weighted by molar-refractivity contribution is 6.33. The number of rotatable bonds is 6. The highest BCUT2D eigenvalue weighted by Crippen LogP contribution is 2.32. The Morgan fingerprint density at radius 3 is 2.49 bits per heavy atom. The third-order valence-corrected chi connectivity index (χ3v) is 7.67. The zero-order chi connectivity index (χ0) is 25.9. The molecule has 200 valence electrons. The Morgan fingerprint density at radius 1 is 1.08 bits per heavy atom. The van der Waals surface area contributed by atoms with Crippen LogP contribution in [0, 0.1) is 16.7 Å². The number of nitrogens with zero attached hydrogens (tertiary/aromatic N) is 4. The van der Waals surface area contributed by atoms with Gasteiger partial charge in [-0.2, -0.15) is 5.26 Å². The van der Waals surface area contributed by atoms with Gasteiger partial charge in [-0.05, 0) is 50.9 Å². The van der Waals surface area contributed by atoms with Gasteiger partial charge in [-0.25, -0.2) is 9.97 Å². The molecular weight excluding hydrogens is 488 g/mol. The van der Waals surface area contributed by atoms with E-state index >= 15 is 0 Å². The summed E-state index contributed by atoms with van der Waals surface area (Å²) in [4.78, 5) is 11.5. The van der Waals surface area contributed by atoms with Crippen LogP contribution in [0.5, 0.6) is 0 Å². The van der Waals surface area contributed by atoms with E-state index in [0.29, 0.717) is 30.8 Å². The SMILES string of the molecule is CN1CCOCC1.N#CC1(CNc2cccc(-c3cc(NC4CCCCC4)ncc3Cl)n2)CCOCC1. The lowest BCUT2D eigenvalue weighted by Gasteiger charge is -2.30. The molecule has 4 heterocycles. The number of likely N-dealkylation sites (N-methyl/N-ethyl adjacent to an activating group) is 1. The van der Waals surface area contributed by atoms with Crippen LogP contribution in [-0.2, 0) is 9.47 Å². The molecule has 0 aromatic carbocycles. The molecule has 0 amide bonds. The molecule has 2 aliphatic heterocycles. The summed E-state index contributed by atoms with van der Waals surface area (Å²) in [5, 5.41) is 17.1. The lowest BCUT2D eigenvalue weighted by Crippen LogP contribution is -2.34. The molecule has 5 rings (SSSR count). The Morgan fingerprint density at radius 2 is 1.81 bits per heavy atom. The number of aromatic nitrogens is 2. The third kappa shape index (κ3) is 8.27. The van der Waals surface area contributed by atoms with E-state index in [1.165, 1.54) is 32.1 Å². The maximum Gasteiger partial charge on any atom is 0.126 e. The number of ether oxygens (including phenoxy) is 2. The van der Waals surface area contributed by atoms with Gasteiger partial charge in [0.05, 0.1) is 35.4 Å². The van der Waals surface area contributed by atoms with Crippen LogP contribution in [0.1, 0.15) is 44.9 Å². The predicted octanol–water partition coefficient (Wildman–Crippen LogP) is 5.22. The van der Waals surface area contributed by atoms with Crippen LogP contribution in [0.3, 0.4) is 0 Å². The summed E-state index contributed by atoms with van der Waals surface area (Å²) in [7, 11) is 2.11. The third-order valence-electron chi connectivity index (χ3n) is 7.37. The molecule has 2 N–H and O–H groups in total. The quantitative estimate of drug-likeness (QED) is 0.528. The second-order valence-corrected chi connectivity index (χ2v) is 10.6. The van der Waals surface area contributed by atoms with Gasteiger partial charge in [0.2, 0.25) is 0 Å². The Balaban J connectivity index is 0.000000396. The first-order chi connectivity index (χ1) is 18.1. The number of anilines is 2. The first kappa shape index (κ1) is 27.6. The lowest BCUT2D eigenvalue weighted by molar-refractivity contribution is 0.0455. The summed E-state index contributed by atoms with van der Waals surface area (Å²) in [5.41, 5.74) is 1.24.